The summed E-state index contributed by atoms with van der Waals surface area (Å²) in [5.41, 5.74) is -0.447. The Morgan fingerprint density at radius 3 is 1.50 bits per heavy atom. The van der Waals surface area contributed by atoms with Crippen LogP contribution in [0.25, 0.3) is 0 Å². The fourth-order valence-corrected chi connectivity index (χ4v) is 2.28. The summed E-state index contributed by atoms with van der Waals surface area (Å²) in [5, 5.41) is 10.6. The molecule has 0 aromatic heterocycles. The lowest BCUT2D eigenvalue weighted by Gasteiger charge is -2.36. The van der Waals surface area contributed by atoms with Crippen LogP contribution in [0.2, 0.25) is 0 Å². The van der Waals surface area contributed by atoms with Crippen LogP contribution < -0.4 is 0 Å². The molecule has 0 rings (SSSR count). The van der Waals surface area contributed by atoms with Crippen LogP contribution in [0.3, 0.4) is 0 Å². The van der Waals surface area contributed by atoms with Gasteiger partial charge in [0.05, 0.1) is 5.60 Å². The van der Waals surface area contributed by atoms with Crippen LogP contribution in [0.15, 0.2) is 0 Å². The van der Waals surface area contributed by atoms with Gasteiger partial charge in [0, 0.05) is 0 Å². The van der Waals surface area contributed by atoms with Crippen LogP contribution in [0.5, 0.6) is 0 Å². The highest BCUT2D eigenvalue weighted by molar-refractivity contribution is 4.85. The second-order valence-electron chi connectivity index (χ2n) is 5.61. The molecule has 14 heavy (non-hydrogen) atoms. The van der Waals surface area contributed by atoms with Crippen molar-refractivity contribution in [3.05, 3.63) is 0 Å². The molecule has 0 amide bonds. The van der Waals surface area contributed by atoms with E-state index in [-0.39, 0.29) is 0 Å². The van der Waals surface area contributed by atoms with Crippen molar-refractivity contribution >= 4 is 0 Å². The van der Waals surface area contributed by atoms with Crippen LogP contribution in [0.1, 0.15) is 60.8 Å². The van der Waals surface area contributed by atoms with E-state index in [1.165, 1.54) is 0 Å². The molecule has 0 radical (unpaired) electrons. The van der Waals surface area contributed by atoms with E-state index >= 15 is 0 Å². The first kappa shape index (κ1) is 14.0. The van der Waals surface area contributed by atoms with Crippen molar-refractivity contribution < 1.29 is 5.11 Å². The molecule has 0 saturated carbocycles. The molecule has 1 atom stereocenters. The van der Waals surface area contributed by atoms with Crippen molar-refractivity contribution in [3.63, 3.8) is 0 Å². The number of hydrogen-bond acceptors (Lipinski definition) is 1. The third-order valence-corrected chi connectivity index (χ3v) is 3.05. The van der Waals surface area contributed by atoms with Gasteiger partial charge in [0.15, 0.2) is 0 Å². The predicted octanol–water partition coefficient (Wildman–Crippen LogP) is 3.86. The SMILES string of the molecule is CCC(C)C(O)(CC(C)C)CC(C)C. The van der Waals surface area contributed by atoms with Crippen LogP contribution in [0.4, 0.5) is 0 Å². The van der Waals surface area contributed by atoms with Gasteiger partial charge in [0.25, 0.3) is 0 Å². The number of hydrogen-bond donors (Lipinski definition) is 1. The summed E-state index contributed by atoms with van der Waals surface area (Å²) in [6, 6.07) is 0. The summed E-state index contributed by atoms with van der Waals surface area (Å²) < 4.78 is 0. The minimum absolute atomic E-state index is 0.410. The van der Waals surface area contributed by atoms with E-state index in [1.807, 2.05) is 0 Å². The molecule has 0 bridgehead atoms. The molecule has 0 fully saturated rings. The van der Waals surface area contributed by atoms with Crippen LogP contribution in [0, 0.1) is 17.8 Å². The maximum Gasteiger partial charge on any atom is 0.0678 e. The molecule has 0 saturated heterocycles. The highest BCUT2D eigenvalue weighted by Gasteiger charge is 2.33. The monoisotopic (exact) mass is 200 g/mol. The Bertz CT molecular complexity index is 139. The molecule has 86 valence electrons. The van der Waals surface area contributed by atoms with Gasteiger partial charge in [-0.05, 0) is 30.6 Å². The lowest BCUT2D eigenvalue weighted by Crippen LogP contribution is -2.39. The van der Waals surface area contributed by atoms with Gasteiger partial charge in [-0.15, -0.1) is 0 Å². The molecule has 0 spiro atoms. The molecular formula is C13H28O. The highest BCUT2D eigenvalue weighted by Crippen LogP contribution is 2.33. The Morgan fingerprint density at radius 1 is 0.929 bits per heavy atom. The van der Waals surface area contributed by atoms with Crippen molar-refractivity contribution in [1.82, 2.24) is 0 Å². The van der Waals surface area contributed by atoms with E-state index in [0.717, 1.165) is 19.3 Å². The standard InChI is InChI=1S/C13H28O/c1-7-12(6)13(14,8-10(2)3)9-11(4)5/h10-12,14H,7-9H2,1-6H3. The summed E-state index contributed by atoms with van der Waals surface area (Å²) in [5.74, 6) is 1.56. The average Bonchev–Trinajstić information content (AvgIpc) is 1.99. The first-order valence-electron chi connectivity index (χ1n) is 6.04. The summed E-state index contributed by atoms with van der Waals surface area (Å²) in [7, 11) is 0. The Balaban J connectivity index is 4.48. The molecule has 0 aromatic carbocycles. The number of rotatable bonds is 6. The van der Waals surface area contributed by atoms with E-state index in [4.69, 9.17) is 0 Å². The minimum atomic E-state index is -0.447. The normalized spacial score (nSPS) is 15.2. The lowest BCUT2D eigenvalue weighted by atomic mass is 9.75. The van der Waals surface area contributed by atoms with Gasteiger partial charge in [-0.2, -0.15) is 0 Å². The fourth-order valence-electron chi connectivity index (χ4n) is 2.28. The second kappa shape index (κ2) is 5.75. The van der Waals surface area contributed by atoms with Crippen molar-refractivity contribution in [2.75, 3.05) is 0 Å². The molecule has 0 aliphatic heterocycles. The van der Waals surface area contributed by atoms with Crippen LogP contribution in [-0.4, -0.2) is 10.7 Å². The summed E-state index contributed by atoms with van der Waals surface area (Å²) in [6.45, 7) is 13.1. The van der Waals surface area contributed by atoms with E-state index in [1.54, 1.807) is 0 Å². The van der Waals surface area contributed by atoms with Gasteiger partial charge in [0.2, 0.25) is 0 Å². The topological polar surface area (TPSA) is 20.2 Å². The zero-order valence-corrected chi connectivity index (χ0v) is 10.8. The highest BCUT2D eigenvalue weighted by atomic mass is 16.3. The van der Waals surface area contributed by atoms with E-state index in [2.05, 4.69) is 41.5 Å². The summed E-state index contributed by atoms with van der Waals surface area (Å²) >= 11 is 0. The van der Waals surface area contributed by atoms with Gasteiger partial charge < -0.3 is 5.11 Å². The molecule has 0 aromatic rings. The largest absolute Gasteiger partial charge is 0.390 e. The smallest absolute Gasteiger partial charge is 0.0678 e. The van der Waals surface area contributed by atoms with Crippen LogP contribution >= 0.6 is 0 Å². The van der Waals surface area contributed by atoms with Gasteiger partial charge >= 0.3 is 0 Å². The van der Waals surface area contributed by atoms with E-state index < -0.39 is 5.60 Å². The van der Waals surface area contributed by atoms with Crippen molar-refractivity contribution in [2.45, 2.75) is 66.4 Å². The average molecular weight is 200 g/mol. The second-order valence-corrected chi connectivity index (χ2v) is 5.61. The van der Waals surface area contributed by atoms with E-state index in [0.29, 0.717) is 17.8 Å². The van der Waals surface area contributed by atoms with Crippen molar-refractivity contribution in [1.29, 1.82) is 0 Å². The van der Waals surface area contributed by atoms with Gasteiger partial charge in [-0.25, -0.2) is 0 Å². The molecule has 0 heterocycles. The molecule has 0 aliphatic carbocycles. The summed E-state index contributed by atoms with van der Waals surface area (Å²) in [6.07, 6.45) is 2.93. The quantitative estimate of drug-likeness (QED) is 0.690. The zero-order valence-electron chi connectivity index (χ0n) is 10.8. The predicted molar refractivity (Wildman–Crippen MR) is 63.3 cm³/mol. The third-order valence-electron chi connectivity index (χ3n) is 3.05. The Morgan fingerprint density at radius 2 is 1.29 bits per heavy atom. The molecule has 1 N–H and O–H groups in total. The molecule has 1 unspecified atom stereocenters. The van der Waals surface area contributed by atoms with Gasteiger partial charge in [0.1, 0.15) is 0 Å². The maximum absolute atomic E-state index is 10.6. The summed E-state index contributed by atoms with van der Waals surface area (Å²) in [4.78, 5) is 0. The Labute approximate surface area is 89.9 Å². The fraction of sp³-hybridized carbons (Fsp3) is 1.00. The zero-order chi connectivity index (χ0) is 11.4. The van der Waals surface area contributed by atoms with E-state index in [9.17, 15) is 5.11 Å². The Hall–Kier alpha value is -0.0400. The third kappa shape index (κ3) is 4.45. The molecular weight excluding hydrogens is 172 g/mol. The number of aliphatic hydroxyl groups is 1. The first-order valence-corrected chi connectivity index (χ1v) is 6.04. The maximum atomic E-state index is 10.6. The van der Waals surface area contributed by atoms with Crippen LogP contribution in [-0.2, 0) is 0 Å². The first-order chi connectivity index (χ1) is 6.31. The van der Waals surface area contributed by atoms with Crippen molar-refractivity contribution in [3.8, 4) is 0 Å². The Kier molecular flexibility index (Phi) is 5.73. The molecule has 0 aliphatic rings. The van der Waals surface area contributed by atoms with Gasteiger partial charge in [-0.3, -0.25) is 0 Å². The molecule has 1 heteroatoms. The lowest BCUT2D eigenvalue weighted by molar-refractivity contribution is -0.0473. The minimum Gasteiger partial charge on any atom is -0.390 e. The van der Waals surface area contributed by atoms with Crippen molar-refractivity contribution in [2.24, 2.45) is 17.8 Å². The molecule has 1 nitrogen and oxygen atoms in total. The van der Waals surface area contributed by atoms with Gasteiger partial charge in [-0.1, -0.05) is 48.0 Å².